The molecule has 0 atom stereocenters. The molecule has 13 rings (SSSR count). The Morgan fingerprint density at radius 2 is 0.603 bits per heavy atom. The summed E-state index contributed by atoms with van der Waals surface area (Å²) in [4.78, 5) is 0. The van der Waals surface area contributed by atoms with Crippen LogP contribution in [0.5, 0.6) is 0 Å². The summed E-state index contributed by atoms with van der Waals surface area (Å²) in [5.74, 6) is 0. The zero-order valence-electron chi connectivity index (χ0n) is 31.6. The molecular weight excluding hydrogens is 697 g/mol. The second-order valence-electron chi connectivity index (χ2n) is 16.0. The molecule has 0 aliphatic carbocycles. The number of hydrogen-bond donors (Lipinski definition) is 0. The van der Waals surface area contributed by atoms with Crippen LogP contribution >= 0.6 is 0 Å². The van der Waals surface area contributed by atoms with Crippen LogP contribution in [0.3, 0.4) is 0 Å². The van der Waals surface area contributed by atoms with Crippen molar-refractivity contribution < 1.29 is 0 Å². The lowest BCUT2D eigenvalue weighted by molar-refractivity contribution is 1.59. The lowest BCUT2D eigenvalue weighted by atomic mass is 9.84. The Kier molecular flexibility index (Phi) is 6.54. The fourth-order valence-corrected chi connectivity index (χ4v) is 10.2. The third kappa shape index (κ3) is 4.58. The summed E-state index contributed by atoms with van der Waals surface area (Å²) in [7, 11) is 0. The van der Waals surface area contributed by atoms with Gasteiger partial charge in [-0.3, -0.25) is 0 Å². The van der Waals surface area contributed by atoms with Crippen molar-refractivity contribution in [3.05, 3.63) is 206 Å². The van der Waals surface area contributed by atoms with Crippen molar-refractivity contribution in [1.29, 1.82) is 0 Å². The quantitative estimate of drug-likeness (QED) is 0.158. The lowest BCUT2D eigenvalue weighted by Gasteiger charge is -2.19. The van der Waals surface area contributed by atoms with Crippen LogP contribution in [0.2, 0.25) is 0 Å². The van der Waals surface area contributed by atoms with Crippen LogP contribution in [-0.4, -0.2) is 0 Å². The van der Waals surface area contributed by atoms with Gasteiger partial charge in [0, 0.05) is 0 Å². The monoisotopic (exact) mass is 730 g/mol. The fourth-order valence-electron chi connectivity index (χ4n) is 10.2. The highest BCUT2D eigenvalue weighted by atomic mass is 14.2. The molecule has 0 amide bonds. The molecule has 0 spiro atoms. The Hall–Kier alpha value is -7.54. The average Bonchev–Trinajstić information content (AvgIpc) is 3.29. The number of rotatable bonds is 4. The first-order valence-corrected chi connectivity index (χ1v) is 20.2. The highest BCUT2D eigenvalue weighted by Crippen LogP contribution is 2.46. The number of benzene rings is 13. The van der Waals surface area contributed by atoms with Crippen LogP contribution in [0.1, 0.15) is 0 Å². The van der Waals surface area contributed by atoms with E-state index in [1.807, 2.05) is 0 Å². The third-order valence-corrected chi connectivity index (χ3v) is 12.9. The lowest BCUT2D eigenvalue weighted by Crippen LogP contribution is -1.92. The van der Waals surface area contributed by atoms with Crippen LogP contribution in [-0.2, 0) is 0 Å². The maximum Gasteiger partial charge on any atom is -0.00206 e. The predicted molar refractivity (Wildman–Crippen MR) is 251 cm³/mol. The van der Waals surface area contributed by atoms with Crippen LogP contribution in [0.4, 0.5) is 0 Å². The third-order valence-electron chi connectivity index (χ3n) is 12.9. The summed E-state index contributed by atoms with van der Waals surface area (Å²) in [5, 5.41) is 20.7. The summed E-state index contributed by atoms with van der Waals surface area (Å²) in [6.07, 6.45) is 0. The first kappa shape index (κ1) is 31.6. The Morgan fingerprint density at radius 3 is 1.29 bits per heavy atom. The van der Waals surface area contributed by atoms with Gasteiger partial charge in [-0.1, -0.05) is 182 Å². The van der Waals surface area contributed by atoms with Crippen LogP contribution in [0, 0.1) is 0 Å². The summed E-state index contributed by atoms with van der Waals surface area (Å²) >= 11 is 0. The normalized spacial score (nSPS) is 12.1. The Balaban J connectivity index is 1.07. The van der Waals surface area contributed by atoms with Crippen molar-refractivity contribution in [1.82, 2.24) is 0 Å². The molecule has 13 aromatic rings. The zero-order chi connectivity index (χ0) is 37.9. The van der Waals surface area contributed by atoms with E-state index in [0.29, 0.717) is 0 Å². The van der Waals surface area contributed by atoms with Gasteiger partial charge in [0.1, 0.15) is 0 Å². The Labute approximate surface area is 335 Å². The van der Waals surface area contributed by atoms with Gasteiger partial charge in [0.2, 0.25) is 0 Å². The van der Waals surface area contributed by atoms with E-state index in [1.54, 1.807) is 0 Å². The van der Waals surface area contributed by atoms with Crippen molar-refractivity contribution in [3.8, 4) is 44.5 Å². The fraction of sp³-hybridized carbons (Fsp3) is 0. The van der Waals surface area contributed by atoms with E-state index in [9.17, 15) is 0 Å². The van der Waals surface area contributed by atoms with Gasteiger partial charge < -0.3 is 0 Å². The molecule has 13 aromatic carbocycles. The van der Waals surface area contributed by atoms with Gasteiger partial charge in [-0.2, -0.15) is 0 Å². The maximum absolute atomic E-state index is 2.45. The zero-order valence-corrected chi connectivity index (χ0v) is 31.6. The van der Waals surface area contributed by atoms with Gasteiger partial charge >= 0.3 is 0 Å². The average molecular weight is 731 g/mol. The minimum Gasteiger partial charge on any atom is -0.0616 e. The van der Waals surface area contributed by atoms with E-state index >= 15 is 0 Å². The SMILES string of the molecule is c1ccc2cc(-c3cc(-c4ccc5ccc6cccc7ccc4c5c67)ccc3-c3cc(-c4ccc5ccc6cccc7ccc4c5c67)c4ccccc4c3)ccc2c1. The molecule has 0 heterocycles. The molecule has 0 saturated heterocycles. The smallest absolute Gasteiger partial charge is 0.00206 e. The molecule has 266 valence electrons. The minimum absolute atomic E-state index is 1.21. The molecule has 0 aliphatic heterocycles. The topological polar surface area (TPSA) is 0 Å². The summed E-state index contributed by atoms with van der Waals surface area (Å²) in [5.41, 5.74) is 9.87. The second kappa shape index (κ2) is 12.0. The first-order chi connectivity index (χ1) is 28.7. The molecule has 0 saturated carbocycles. The molecular formula is C58H34. The van der Waals surface area contributed by atoms with Gasteiger partial charge in [0.25, 0.3) is 0 Å². The first-order valence-electron chi connectivity index (χ1n) is 20.2. The molecule has 0 nitrogen and oxygen atoms in total. The van der Waals surface area contributed by atoms with Crippen molar-refractivity contribution in [3.63, 3.8) is 0 Å². The van der Waals surface area contributed by atoms with Gasteiger partial charge in [-0.05, 0) is 155 Å². The van der Waals surface area contributed by atoms with E-state index in [4.69, 9.17) is 0 Å². The van der Waals surface area contributed by atoms with Crippen molar-refractivity contribution >= 4 is 86.2 Å². The van der Waals surface area contributed by atoms with E-state index in [-0.39, 0.29) is 0 Å². The van der Waals surface area contributed by atoms with E-state index < -0.39 is 0 Å². The highest BCUT2D eigenvalue weighted by molar-refractivity contribution is 6.27. The predicted octanol–water partition coefficient (Wildman–Crippen LogP) is 16.5. The number of hydrogen-bond acceptors (Lipinski definition) is 0. The summed E-state index contributed by atoms with van der Waals surface area (Å²) in [6.45, 7) is 0. The van der Waals surface area contributed by atoms with Crippen LogP contribution in [0.15, 0.2) is 206 Å². The summed E-state index contributed by atoms with van der Waals surface area (Å²) in [6, 6.07) is 77.4. The molecule has 0 radical (unpaired) electrons. The van der Waals surface area contributed by atoms with Crippen LogP contribution < -0.4 is 0 Å². The van der Waals surface area contributed by atoms with Crippen LogP contribution in [0.25, 0.3) is 131 Å². The van der Waals surface area contributed by atoms with Gasteiger partial charge in [-0.25, -0.2) is 0 Å². The van der Waals surface area contributed by atoms with Gasteiger partial charge in [-0.15, -0.1) is 0 Å². The van der Waals surface area contributed by atoms with Gasteiger partial charge in [0.05, 0.1) is 0 Å². The van der Waals surface area contributed by atoms with Gasteiger partial charge in [0.15, 0.2) is 0 Å². The molecule has 0 N–H and O–H groups in total. The molecule has 58 heavy (non-hydrogen) atoms. The standard InChI is InChI=1S/C58H34/c1-2-8-42-31-44(20-15-35(42)7-1)53-33-45(48-26-21-40-18-16-36-10-5-12-38-23-29-51(48)57(40)55(36)38)25-27-49(53)46-32-43-9-3-4-14-47(43)54(34-46)50-28-22-41-19-17-37-11-6-13-39-24-30-52(50)58(41)56(37)39/h1-34H. The van der Waals surface area contributed by atoms with Crippen molar-refractivity contribution in [2.24, 2.45) is 0 Å². The molecule has 0 heteroatoms. The molecule has 0 aliphatic rings. The highest BCUT2D eigenvalue weighted by Gasteiger charge is 2.19. The number of fused-ring (bicyclic) bond motifs is 2. The summed E-state index contributed by atoms with van der Waals surface area (Å²) < 4.78 is 0. The Bertz CT molecular complexity index is 3760. The maximum atomic E-state index is 2.45. The minimum atomic E-state index is 1.21. The second-order valence-corrected chi connectivity index (χ2v) is 16.0. The molecule has 0 fully saturated rings. The molecule has 0 aromatic heterocycles. The largest absolute Gasteiger partial charge is 0.0616 e. The van der Waals surface area contributed by atoms with Crippen molar-refractivity contribution in [2.75, 3.05) is 0 Å². The molecule has 0 bridgehead atoms. The Morgan fingerprint density at radius 1 is 0.172 bits per heavy atom. The van der Waals surface area contributed by atoms with E-state index in [1.165, 1.54) is 131 Å². The van der Waals surface area contributed by atoms with E-state index in [2.05, 4.69) is 206 Å². The van der Waals surface area contributed by atoms with Crippen molar-refractivity contribution in [2.45, 2.75) is 0 Å². The molecule has 0 unspecified atom stereocenters. The van der Waals surface area contributed by atoms with E-state index in [0.717, 1.165) is 0 Å².